The van der Waals surface area contributed by atoms with Crippen LogP contribution >= 0.6 is 0 Å². The molecule has 0 spiro atoms. The third-order valence-corrected chi connectivity index (χ3v) is 2.97. The standard InChI is InChI=1S/C15H22N4O4/c1-9(13(20)18-15(2,3)4)17-14(21)11-8-10(19(22)23)6-7-12(11)16-5/h6-9,16H,1-5H3,(H,17,21)(H,18,20)/t9-/m0/s1. The number of nitro benzene ring substituents is 1. The Labute approximate surface area is 134 Å². The number of hydrogen-bond acceptors (Lipinski definition) is 5. The molecule has 0 unspecified atom stereocenters. The fraction of sp³-hybridized carbons (Fsp3) is 0.467. The number of nitrogens with one attached hydrogen (secondary N) is 3. The van der Waals surface area contributed by atoms with Crippen LogP contribution in [-0.4, -0.2) is 35.4 Å². The average molecular weight is 322 g/mol. The molecule has 1 rings (SSSR count). The maximum atomic E-state index is 12.3. The summed E-state index contributed by atoms with van der Waals surface area (Å²) in [5, 5.41) is 19.0. The van der Waals surface area contributed by atoms with Crippen molar-refractivity contribution in [2.45, 2.75) is 39.3 Å². The summed E-state index contributed by atoms with van der Waals surface area (Å²) in [5.41, 5.74) is -0.0628. The highest BCUT2D eigenvalue weighted by Gasteiger charge is 2.23. The number of carbonyl (C=O) groups excluding carboxylic acids is 2. The minimum absolute atomic E-state index is 0.108. The zero-order valence-corrected chi connectivity index (χ0v) is 13.9. The van der Waals surface area contributed by atoms with Crippen LogP contribution in [0.5, 0.6) is 0 Å². The first-order valence-corrected chi connectivity index (χ1v) is 7.14. The molecule has 2 amide bonds. The van der Waals surface area contributed by atoms with Crippen LogP contribution in [-0.2, 0) is 4.79 Å². The average Bonchev–Trinajstić information content (AvgIpc) is 2.44. The summed E-state index contributed by atoms with van der Waals surface area (Å²) in [7, 11) is 1.60. The lowest BCUT2D eigenvalue weighted by molar-refractivity contribution is -0.384. The minimum Gasteiger partial charge on any atom is -0.387 e. The molecule has 1 atom stereocenters. The van der Waals surface area contributed by atoms with E-state index in [2.05, 4.69) is 16.0 Å². The van der Waals surface area contributed by atoms with Gasteiger partial charge < -0.3 is 16.0 Å². The fourth-order valence-electron chi connectivity index (χ4n) is 1.87. The number of non-ortho nitro benzene ring substituents is 1. The summed E-state index contributed by atoms with van der Waals surface area (Å²) in [5.74, 6) is -0.892. The lowest BCUT2D eigenvalue weighted by Crippen LogP contribution is -2.50. The van der Waals surface area contributed by atoms with Gasteiger partial charge in [0.2, 0.25) is 5.91 Å². The van der Waals surface area contributed by atoms with Crippen molar-refractivity contribution in [2.24, 2.45) is 0 Å². The molecule has 0 bridgehead atoms. The van der Waals surface area contributed by atoms with Crippen molar-refractivity contribution in [3.8, 4) is 0 Å². The molecule has 8 nitrogen and oxygen atoms in total. The Morgan fingerprint density at radius 2 is 1.87 bits per heavy atom. The molecule has 0 aliphatic rings. The molecule has 3 N–H and O–H groups in total. The largest absolute Gasteiger partial charge is 0.387 e. The van der Waals surface area contributed by atoms with Gasteiger partial charge in [0.25, 0.3) is 11.6 Å². The van der Waals surface area contributed by atoms with Crippen LogP contribution in [0.25, 0.3) is 0 Å². The highest BCUT2D eigenvalue weighted by Crippen LogP contribution is 2.21. The molecule has 1 aromatic carbocycles. The zero-order chi connectivity index (χ0) is 17.8. The number of nitro groups is 1. The number of rotatable bonds is 5. The van der Waals surface area contributed by atoms with E-state index in [0.29, 0.717) is 5.69 Å². The summed E-state index contributed by atoms with van der Waals surface area (Å²) in [6.07, 6.45) is 0. The van der Waals surface area contributed by atoms with Crippen molar-refractivity contribution in [1.29, 1.82) is 0 Å². The maximum Gasteiger partial charge on any atom is 0.270 e. The van der Waals surface area contributed by atoms with E-state index in [1.807, 2.05) is 20.8 Å². The van der Waals surface area contributed by atoms with E-state index in [0.717, 1.165) is 0 Å². The Morgan fingerprint density at radius 3 is 2.35 bits per heavy atom. The molecule has 8 heteroatoms. The van der Waals surface area contributed by atoms with E-state index < -0.39 is 22.4 Å². The number of carbonyl (C=O) groups is 2. The quantitative estimate of drug-likeness (QED) is 0.563. The SMILES string of the molecule is CNc1ccc([N+](=O)[O-])cc1C(=O)N[C@@H](C)C(=O)NC(C)(C)C. The van der Waals surface area contributed by atoms with E-state index in [1.54, 1.807) is 14.0 Å². The molecule has 0 aliphatic carbocycles. The summed E-state index contributed by atoms with van der Waals surface area (Å²) in [6.45, 7) is 7.05. The molecule has 0 aromatic heterocycles. The van der Waals surface area contributed by atoms with Gasteiger partial charge in [0.05, 0.1) is 10.5 Å². The van der Waals surface area contributed by atoms with Gasteiger partial charge in [0, 0.05) is 30.4 Å². The number of hydrogen-bond donors (Lipinski definition) is 3. The van der Waals surface area contributed by atoms with E-state index >= 15 is 0 Å². The molecule has 0 saturated heterocycles. The second kappa shape index (κ2) is 7.08. The van der Waals surface area contributed by atoms with Crippen LogP contribution in [0.3, 0.4) is 0 Å². The lowest BCUT2D eigenvalue weighted by atomic mass is 10.1. The van der Waals surface area contributed by atoms with Gasteiger partial charge >= 0.3 is 0 Å². The van der Waals surface area contributed by atoms with Crippen molar-refractivity contribution < 1.29 is 14.5 Å². The highest BCUT2D eigenvalue weighted by molar-refractivity contribution is 6.02. The number of nitrogens with zero attached hydrogens (tertiary/aromatic N) is 1. The van der Waals surface area contributed by atoms with Gasteiger partial charge in [-0.05, 0) is 33.8 Å². The summed E-state index contributed by atoms with van der Waals surface area (Å²) >= 11 is 0. The molecule has 0 fully saturated rings. The van der Waals surface area contributed by atoms with Crippen molar-refractivity contribution in [2.75, 3.05) is 12.4 Å². The number of anilines is 1. The minimum atomic E-state index is -0.773. The van der Waals surface area contributed by atoms with Crippen molar-refractivity contribution in [3.05, 3.63) is 33.9 Å². The fourth-order valence-corrected chi connectivity index (χ4v) is 1.87. The second-order valence-electron chi connectivity index (χ2n) is 6.17. The molecular formula is C15H22N4O4. The molecule has 1 aromatic rings. The van der Waals surface area contributed by atoms with Crippen LogP contribution in [0.4, 0.5) is 11.4 Å². The molecular weight excluding hydrogens is 300 g/mol. The maximum absolute atomic E-state index is 12.3. The van der Waals surface area contributed by atoms with Gasteiger partial charge in [-0.25, -0.2) is 0 Å². The molecule has 0 heterocycles. The normalized spacial score (nSPS) is 12.2. The Hall–Kier alpha value is -2.64. The topological polar surface area (TPSA) is 113 Å². The third kappa shape index (κ3) is 5.24. The number of amides is 2. The van der Waals surface area contributed by atoms with E-state index in [-0.39, 0.29) is 17.2 Å². The summed E-state index contributed by atoms with van der Waals surface area (Å²) < 4.78 is 0. The first-order valence-electron chi connectivity index (χ1n) is 7.14. The van der Waals surface area contributed by atoms with E-state index in [9.17, 15) is 19.7 Å². The Morgan fingerprint density at radius 1 is 1.26 bits per heavy atom. The van der Waals surface area contributed by atoms with Gasteiger partial charge in [0.15, 0.2) is 0 Å². The first-order chi connectivity index (χ1) is 10.5. The summed E-state index contributed by atoms with van der Waals surface area (Å²) in [4.78, 5) is 34.6. The Bertz CT molecular complexity index is 622. The Balaban J connectivity index is 2.94. The van der Waals surface area contributed by atoms with Crippen molar-refractivity contribution >= 4 is 23.2 Å². The monoisotopic (exact) mass is 322 g/mol. The molecule has 0 aliphatic heterocycles. The van der Waals surface area contributed by atoms with Crippen molar-refractivity contribution in [3.63, 3.8) is 0 Å². The first kappa shape index (κ1) is 18.4. The predicted octanol–water partition coefficient (Wildman–Crippen LogP) is 1.67. The lowest BCUT2D eigenvalue weighted by Gasteiger charge is -2.23. The molecule has 0 saturated carbocycles. The smallest absolute Gasteiger partial charge is 0.270 e. The Kier molecular flexibility index (Phi) is 5.67. The van der Waals surface area contributed by atoms with Gasteiger partial charge in [0.1, 0.15) is 6.04 Å². The zero-order valence-electron chi connectivity index (χ0n) is 13.9. The van der Waals surface area contributed by atoms with Gasteiger partial charge in [-0.15, -0.1) is 0 Å². The van der Waals surface area contributed by atoms with Crippen LogP contribution < -0.4 is 16.0 Å². The van der Waals surface area contributed by atoms with Crippen LogP contribution in [0, 0.1) is 10.1 Å². The van der Waals surface area contributed by atoms with Gasteiger partial charge in [-0.3, -0.25) is 19.7 Å². The van der Waals surface area contributed by atoms with Gasteiger partial charge in [-0.1, -0.05) is 0 Å². The van der Waals surface area contributed by atoms with Crippen LogP contribution in [0.1, 0.15) is 38.1 Å². The third-order valence-electron chi connectivity index (χ3n) is 2.97. The molecule has 126 valence electrons. The van der Waals surface area contributed by atoms with Crippen LogP contribution in [0.2, 0.25) is 0 Å². The second-order valence-corrected chi connectivity index (χ2v) is 6.17. The van der Waals surface area contributed by atoms with Crippen molar-refractivity contribution in [1.82, 2.24) is 10.6 Å². The summed E-state index contributed by atoms with van der Waals surface area (Å²) in [6, 6.07) is 3.16. The predicted molar refractivity (Wildman–Crippen MR) is 87.5 cm³/mol. The van der Waals surface area contributed by atoms with E-state index in [1.165, 1.54) is 18.2 Å². The van der Waals surface area contributed by atoms with Gasteiger partial charge in [-0.2, -0.15) is 0 Å². The molecule has 0 radical (unpaired) electrons. The molecule has 23 heavy (non-hydrogen) atoms. The van der Waals surface area contributed by atoms with E-state index in [4.69, 9.17) is 0 Å². The van der Waals surface area contributed by atoms with Crippen LogP contribution in [0.15, 0.2) is 18.2 Å². The highest BCUT2D eigenvalue weighted by atomic mass is 16.6. The number of benzene rings is 1.